The highest BCUT2D eigenvalue weighted by Crippen LogP contribution is 2.25. The molecule has 0 aromatic heterocycles. The van der Waals surface area contributed by atoms with Crippen LogP contribution in [0.25, 0.3) is 0 Å². The van der Waals surface area contributed by atoms with Gasteiger partial charge in [-0.3, -0.25) is 4.79 Å². The van der Waals surface area contributed by atoms with Gasteiger partial charge in [-0.15, -0.1) is 0 Å². The number of carbonyl (C=O) groups excluding carboxylic acids is 1. The number of hydrogen-bond acceptors (Lipinski definition) is 1. The van der Waals surface area contributed by atoms with Gasteiger partial charge in [0.1, 0.15) is 0 Å². The first kappa shape index (κ1) is 15.1. The lowest BCUT2D eigenvalue weighted by Gasteiger charge is -2.21. The highest BCUT2D eigenvalue weighted by Gasteiger charge is 2.24. The average molecular weight is 365 g/mol. The number of hydrogen-bond donors (Lipinski definition) is 1. The number of alkyl halides is 1. The average Bonchev–Trinajstić information content (AvgIpc) is 2.55. The Bertz CT molecular complexity index is 467. The minimum atomic E-state index is -0.127. The number of carbonyl (C=O) groups is 1. The van der Waals surface area contributed by atoms with Gasteiger partial charge in [0, 0.05) is 15.9 Å². The van der Waals surface area contributed by atoms with Crippen molar-refractivity contribution in [1.82, 2.24) is 5.32 Å². The van der Waals surface area contributed by atoms with Crippen LogP contribution in [-0.4, -0.2) is 16.8 Å². The van der Waals surface area contributed by atoms with Crippen molar-refractivity contribution in [2.75, 3.05) is 0 Å². The Hall–Kier alpha value is -0.250. The summed E-state index contributed by atoms with van der Waals surface area (Å²) in [5.74, 6) is -0.127. The van der Waals surface area contributed by atoms with Crippen molar-refractivity contribution >= 4 is 45.0 Å². The predicted octanol–water partition coefficient (Wildman–Crippen LogP) is 4.82. The Kier molecular flexibility index (Phi) is 5.55. The molecule has 2 unspecified atom stereocenters. The van der Waals surface area contributed by atoms with Crippen molar-refractivity contribution < 1.29 is 4.79 Å². The third kappa shape index (κ3) is 4.11. The summed E-state index contributed by atoms with van der Waals surface area (Å²) in [5, 5.41) is 4.00. The van der Waals surface area contributed by atoms with Crippen LogP contribution in [0.4, 0.5) is 0 Å². The maximum Gasteiger partial charge on any atom is 0.253 e. The van der Waals surface area contributed by atoms with E-state index in [1.807, 2.05) is 0 Å². The number of nitrogens with one attached hydrogen (secondary N) is 1. The lowest BCUT2D eigenvalue weighted by molar-refractivity contribution is 0.0935. The van der Waals surface area contributed by atoms with Gasteiger partial charge in [-0.05, 0) is 31.0 Å². The fourth-order valence-electron chi connectivity index (χ4n) is 2.34. The zero-order valence-corrected chi connectivity index (χ0v) is 13.6. The second-order valence-corrected chi connectivity index (χ2v) is 6.88. The molecule has 1 saturated carbocycles. The topological polar surface area (TPSA) is 29.1 Å². The molecule has 1 aromatic rings. The van der Waals surface area contributed by atoms with Gasteiger partial charge in [-0.25, -0.2) is 0 Å². The number of rotatable bonds is 2. The maximum absolute atomic E-state index is 12.2. The van der Waals surface area contributed by atoms with Gasteiger partial charge >= 0.3 is 0 Å². The monoisotopic (exact) mass is 363 g/mol. The molecule has 2 atom stereocenters. The van der Waals surface area contributed by atoms with Crippen molar-refractivity contribution in [3.05, 3.63) is 33.8 Å². The van der Waals surface area contributed by atoms with Crippen LogP contribution in [0, 0.1) is 0 Å². The summed E-state index contributed by atoms with van der Waals surface area (Å²) in [6.45, 7) is 0. The summed E-state index contributed by atoms with van der Waals surface area (Å²) < 4.78 is 0. The minimum Gasteiger partial charge on any atom is -0.348 e. The number of benzene rings is 1. The van der Waals surface area contributed by atoms with Crippen LogP contribution in [0.5, 0.6) is 0 Å². The van der Waals surface area contributed by atoms with E-state index >= 15 is 0 Å². The molecule has 5 heteroatoms. The summed E-state index contributed by atoms with van der Waals surface area (Å²) in [5.41, 5.74) is 0.481. The smallest absolute Gasteiger partial charge is 0.253 e. The SMILES string of the molecule is O=C(NC1CCCCCC1Br)c1ccc(Cl)cc1Cl. The molecule has 1 aromatic carbocycles. The molecule has 0 saturated heterocycles. The van der Waals surface area contributed by atoms with Gasteiger partial charge in [0.2, 0.25) is 0 Å². The molecule has 0 aliphatic heterocycles. The first-order valence-corrected chi connectivity index (χ1v) is 8.15. The molecule has 1 amide bonds. The van der Waals surface area contributed by atoms with E-state index in [0.29, 0.717) is 20.4 Å². The van der Waals surface area contributed by atoms with E-state index in [0.717, 1.165) is 19.3 Å². The Morgan fingerprint density at radius 3 is 2.68 bits per heavy atom. The molecule has 19 heavy (non-hydrogen) atoms. The fraction of sp³-hybridized carbons (Fsp3) is 0.500. The Balaban J connectivity index is 2.07. The van der Waals surface area contributed by atoms with Crippen LogP contribution in [0.15, 0.2) is 18.2 Å². The quantitative estimate of drug-likeness (QED) is 0.591. The van der Waals surface area contributed by atoms with Crippen molar-refractivity contribution in [1.29, 1.82) is 0 Å². The van der Waals surface area contributed by atoms with Gasteiger partial charge in [-0.1, -0.05) is 58.4 Å². The zero-order valence-electron chi connectivity index (χ0n) is 10.5. The first-order chi connectivity index (χ1) is 9.08. The highest BCUT2D eigenvalue weighted by molar-refractivity contribution is 9.09. The molecule has 0 radical (unpaired) electrons. The van der Waals surface area contributed by atoms with Crippen molar-refractivity contribution in [3.63, 3.8) is 0 Å². The normalized spacial score (nSPS) is 23.7. The van der Waals surface area contributed by atoms with Crippen LogP contribution in [0.1, 0.15) is 42.5 Å². The van der Waals surface area contributed by atoms with E-state index < -0.39 is 0 Å². The van der Waals surface area contributed by atoms with Crippen LogP contribution in [0.2, 0.25) is 10.0 Å². The third-order valence-corrected chi connectivity index (χ3v) is 5.07. The van der Waals surface area contributed by atoms with Crippen molar-refractivity contribution in [3.8, 4) is 0 Å². The summed E-state index contributed by atoms with van der Waals surface area (Å²) in [7, 11) is 0. The fourth-order valence-corrected chi connectivity index (χ4v) is 3.56. The minimum absolute atomic E-state index is 0.127. The molecule has 2 nitrogen and oxygen atoms in total. The van der Waals surface area contributed by atoms with Gasteiger partial charge in [0.05, 0.1) is 10.6 Å². The Morgan fingerprint density at radius 1 is 1.21 bits per heavy atom. The molecular formula is C14H16BrCl2NO. The zero-order chi connectivity index (χ0) is 13.8. The molecular weight excluding hydrogens is 349 g/mol. The molecule has 1 fully saturated rings. The maximum atomic E-state index is 12.2. The molecule has 104 valence electrons. The highest BCUT2D eigenvalue weighted by atomic mass is 79.9. The van der Waals surface area contributed by atoms with Gasteiger partial charge in [-0.2, -0.15) is 0 Å². The van der Waals surface area contributed by atoms with Crippen molar-refractivity contribution in [2.24, 2.45) is 0 Å². The largest absolute Gasteiger partial charge is 0.348 e. The standard InChI is InChI=1S/C14H16BrCl2NO/c15-11-4-2-1-3-5-13(11)18-14(19)10-7-6-9(16)8-12(10)17/h6-8,11,13H,1-5H2,(H,18,19). The Labute approximate surface area is 132 Å². The first-order valence-electron chi connectivity index (χ1n) is 6.48. The van der Waals surface area contributed by atoms with Gasteiger partial charge in [0.15, 0.2) is 0 Å². The summed E-state index contributed by atoms with van der Waals surface area (Å²) >= 11 is 15.6. The summed E-state index contributed by atoms with van der Waals surface area (Å²) in [4.78, 5) is 12.6. The lowest BCUT2D eigenvalue weighted by atomic mass is 10.1. The molecule has 1 aliphatic rings. The molecule has 2 rings (SSSR count). The van der Waals surface area contributed by atoms with E-state index in [9.17, 15) is 4.79 Å². The molecule has 1 aliphatic carbocycles. The van der Waals surface area contributed by atoms with Gasteiger partial charge in [0.25, 0.3) is 5.91 Å². The molecule has 0 heterocycles. The second-order valence-electron chi connectivity index (χ2n) is 4.86. The van der Waals surface area contributed by atoms with E-state index in [-0.39, 0.29) is 11.9 Å². The van der Waals surface area contributed by atoms with Crippen LogP contribution < -0.4 is 5.32 Å². The van der Waals surface area contributed by atoms with E-state index in [1.165, 1.54) is 12.8 Å². The number of halogens is 3. The number of amides is 1. The molecule has 0 bridgehead atoms. The van der Waals surface area contributed by atoms with E-state index in [2.05, 4.69) is 21.2 Å². The van der Waals surface area contributed by atoms with E-state index in [4.69, 9.17) is 23.2 Å². The lowest BCUT2D eigenvalue weighted by Crippen LogP contribution is -2.40. The second kappa shape index (κ2) is 6.96. The summed E-state index contributed by atoms with van der Waals surface area (Å²) in [6.07, 6.45) is 5.70. The Morgan fingerprint density at radius 2 is 1.95 bits per heavy atom. The van der Waals surface area contributed by atoms with Crippen LogP contribution in [0.3, 0.4) is 0 Å². The third-order valence-electron chi connectivity index (χ3n) is 3.42. The molecule has 0 spiro atoms. The van der Waals surface area contributed by atoms with Gasteiger partial charge < -0.3 is 5.32 Å². The van der Waals surface area contributed by atoms with Crippen LogP contribution >= 0.6 is 39.1 Å². The summed E-state index contributed by atoms with van der Waals surface area (Å²) in [6, 6.07) is 5.11. The predicted molar refractivity (Wildman–Crippen MR) is 83.5 cm³/mol. The van der Waals surface area contributed by atoms with Crippen LogP contribution in [-0.2, 0) is 0 Å². The van der Waals surface area contributed by atoms with E-state index in [1.54, 1.807) is 18.2 Å². The molecule has 1 N–H and O–H groups in total. The van der Waals surface area contributed by atoms with Crippen molar-refractivity contribution in [2.45, 2.75) is 43.0 Å².